The maximum Gasteiger partial charge on any atom is 0.243 e. The fraction of sp³-hybridized carbons (Fsp3) is 0.150. The predicted octanol–water partition coefficient (Wildman–Crippen LogP) is 4.51. The van der Waals surface area contributed by atoms with Gasteiger partial charge in [0.2, 0.25) is 5.91 Å². The summed E-state index contributed by atoms with van der Waals surface area (Å²) in [5, 5.41) is 8.43. The second-order valence-corrected chi connectivity index (χ2v) is 5.73. The van der Waals surface area contributed by atoms with E-state index in [1.165, 1.54) is 11.1 Å². The number of benzene rings is 3. The minimum atomic E-state index is -0.0545. The third kappa shape index (κ3) is 3.51. The van der Waals surface area contributed by atoms with Crippen molar-refractivity contribution < 1.29 is 4.79 Å². The summed E-state index contributed by atoms with van der Waals surface area (Å²) in [4.78, 5) is 12.1. The van der Waals surface area contributed by atoms with Gasteiger partial charge in [-0.3, -0.25) is 4.79 Å². The minimum Gasteiger partial charge on any atom is -0.376 e. The molecule has 3 rings (SSSR count). The monoisotopic (exact) mass is 304 g/mol. The van der Waals surface area contributed by atoms with Crippen LogP contribution in [0.25, 0.3) is 10.8 Å². The molecule has 0 fully saturated rings. The van der Waals surface area contributed by atoms with Crippen LogP contribution < -0.4 is 10.6 Å². The zero-order chi connectivity index (χ0) is 16.2. The van der Waals surface area contributed by atoms with Crippen LogP contribution in [0.1, 0.15) is 11.1 Å². The highest BCUT2D eigenvalue weighted by Crippen LogP contribution is 2.22. The standard InChI is InChI=1S/C20H20N2O/c1-14-10-11-17(12-15(14)2)22-20(23)13-21-19-9-5-7-16-6-3-4-8-18(16)19/h3-12,21H,13H2,1-2H3,(H,22,23). The normalized spacial score (nSPS) is 10.5. The van der Waals surface area contributed by atoms with Crippen LogP contribution in [-0.2, 0) is 4.79 Å². The molecule has 0 aliphatic carbocycles. The van der Waals surface area contributed by atoms with E-state index >= 15 is 0 Å². The highest BCUT2D eigenvalue weighted by molar-refractivity contribution is 5.97. The van der Waals surface area contributed by atoms with Gasteiger partial charge in [-0.1, -0.05) is 42.5 Å². The van der Waals surface area contributed by atoms with Gasteiger partial charge in [0.05, 0.1) is 6.54 Å². The molecule has 0 aliphatic rings. The Bertz CT molecular complexity index is 850. The molecule has 23 heavy (non-hydrogen) atoms. The average Bonchev–Trinajstić information content (AvgIpc) is 2.56. The van der Waals surface area contributed by atoms with E-state index in [2.05, 4.69) is 35.8 Å². The number of amides is 1. The first-order valence-electron chi connectivity index (χ1n) is 7.72. The van der Waals surface area contributed by atoms with Gasteiger partial charge < -0.3 is 10.6 Å². The van der Waals surface area contributed by atoms with E-state index in [9.17, 15) is 4.79 Å². The molecule has 2 N–H and O–H groups in total. The fourth-order valence-corrected chi connectivity index (χ4v) is 2.58. The lowest BCUT2D eigenvalue weighted by atomic mass is 10.1. The van der Waals surface area contributed by atoms with Crippen molar-refractivity contribution in [2.24, 2.45) is 0 Å². The number of carbonyl (C=O) groups excluding carboxylic acids is 1. The van der Waals surface area contributed by atoms with Crippen LogP contribution in [0.2, 0.25) is 0 Å². The fourth-order valence-electron chi connectivity index (χ4n) is 2.58. The Hall–Kier alpha value is -2.81. The Kier molecular flexibility index (Phi) is 4.29. The molecule has 0 aliphatic heterocycles. The largest absolute Gasteiger partial charge is 0.376 e. The molecule has 0 saturated carbocycles. The van der Waals surface area contributed by atoms with E-state index in [1.54, 1.807) is 0 Å². The number of carbonyl (C=O) groups is 1. The molecule has 3 nitrogen and oxygen atoms in total. The van der Waals surface area contributed by atoms with Gasteiger partial charge >= 0.3 is 0 Å². The summed E-state index contributed by atoms with van der Waals surface area (Å²) in [7, 11) is 0. The molecule has 0 bridgehead atoms. The number of hydrogen-bond donors (Lipinski definition) is 2. The van der Waals surface area contributed by atoms with Gasteiger partial charge in [0, 0.05) is 16.8 Å². The molecule has 0 atom stereocenters. The maximum atomic E-state index is 12.1. The summed E-state index contributed by atoms with van der Waals surface area (Å²) in [5.41, 5.74) is 4.19. The lowest BCUT2D eigenvalue weighted by molar-refractivity contribution is -0.114. The summed E-state index contributed by atoms with van der Waals surface area (Å²) in [6, 6.07) is 20.1. The lowest BCUT2D eigenvalue weighted by Crippen LogP contribution is -2.21. The van der Waals surface area contributed by atoms with Crippen molar-refractivity contribution in [1.82, 2.24) is 0 Å². The summed E-state index contributed by atoms with van der Waals surface area (Å²) in [5.74, 6) is -0.0545. The quantitative estimate of drug-likeness (QED) is 0.744. The SMILES string of the molecule is Cc1ccc(NC(=O)CNc2cccc3ccccc23)cc1C. The van der Waals surface area contributed by atoms with Crippen molar-refractivity contribution in [3.8, 4) is 0 Å². The van der Waals surface area contributed by atoms with Gasteiger partial charge in [0.25, 0.3) is 0 Å². The number of rotatable bonds is 4. The second-order valence-electron chi connectivity index (χ2n) is 5.73. The van der Waals surface area contributed by atoms with Gasteiger partial charge in [-0.05, 0) is 48.6 Å². The Balaban J connectivity index is 1.67. The van der Waals surface area contributed by atoms with Crippen LogP contribution in [0.15, 0.2) is 60.7 Å². The molecular weight excluding hydrogens is 284 g/mol. The summed E-state index contributed by atoms with van der Waals surface area (Å²) < 4.78 is 0. The first-order valence-corrected chi connectivity index (χ1v) is 7.72. The summed E-state index contributed by atoms with van der Waals surface area (Å²) in [6.07, 6.45) is 0. The zero-order valence-electron chi connectivity index (χ0n) is 13.4. The third-order valence-electron chi connectivity index (χ3n) is 4.02. The van der Waals surface area contributed by atoms with Crippen molar-refractivity contribution in [1.29, 1.82) is 0 Å². The molecule has 1 amide bonds. The highest BCUT2D eigenvalue weighted by atomic mass is 16.1. The zero-order valence-corrected chi connectivity index (χ0v) is 13.4. The van der Waals surface area contributed by atoms with Crippen molar-refractivity contribution in [3.05, 3.63) is 71.8 Å². The van der Waals surface area contributed by atoms with Gasteiger partial charge in [0.1, 0.15) is 0 Å². The first kappa shape index (κ1) is 15.1. The molecular formula is C20H20N2O. The van der Waals surface area contributed by atoms with Gasteiger partial charge in [-0.15, -0.1) is 0 Å². The molecule has 3 heteroatoms. The van der Waals surface area contributed by atoms with Crippen molar-refractivity contribution in [3.63, 3.8) is 0 Å². The predicted molar refractivity (Wildman–Crippen MR) is 97.0 cm³/mol. The van der Waals surface area contributed by atoms with E-state index in [1.807, 2.05) is 49.4 Å². The number of anilines is 2. The smallest absolute Gasteiger partial charge is 0.243 e. The Morgan fingerprint density at radius 1 is 0.913 bits per heavy atom. The molecule has 3 aromatic rings. The average molecular weight is 304 g/mol. The van der Waals surface area contributed by atoms with E-state index < -0.39 is 0 Å². The number of hydrogen-bond acceptors (Lipinski definition) is 2. The molecule has 116 valence electrons. The van der Waals surface area contributed by atoms with Crippen LogP contribution in [0.5, 0.6) is 0 Å². The number of nitrogens with one attached hydrogen (secondary N) is 2. The molecule has 0 spiro atoms. The van der Waals surface area contributed by atoms with Crippen LogP contribution in [0.4, 0.5) is 11.4 Å². The van der Waals surface area contributed by atoms with Crippen molar-refractivity contribution in [2.75, 3.05) is 17.2 Å². The topological polar surface area (TPSA) is 41.1 Å². The molecule has 0 unspecified atom stereocenters. The van der Waals surface area contributed by atoms with Crippen molar-refractivity contribution in [2.45, 2.75) is 13.8 Å². The van der Waals surface area contributed by atoms with Gasteiger partial charge in [-0.25, -0.2) is 0 Å². The van der Waals surface area contributed by atoms with E-state index in [4.69, 9.17) is 0 Å². The number of fused-ring (bicyclic) bond motifs is 1. The van der Waals surface area contributed by atoms with Crippen molar-refractivity contribution >= 4 is 28.1 Å². The number of aryl methyl sites for hydroxylation is 2. The first-order chi connectivity index (χ1) is 11.1. The van der Waals surface area contributed by atoms with E-state index in [0.717, 1.165) is 22.1 Å². The van der Waals surface area contributed by atoms with E-state index in [-0.39, 0.29) is 12.5 Å². The van der Waals surface area contributed by atoms with E-state index in [0.29, 0.717) is 0 Å². The van der Waals surface area contributed by atoms with Gasteiger partial charge in [0.15, 0.2) is 0 Å². The Labute approximate surface area is 136 Å². The summed E-state index contributed by atoms with van der Waals surface area (Å²) >= 11 is 0. The Morgan fingerprint density at radius 3 is 2.52 bits per heavy atom. The summed E-state index contributed by atoms with van der Waals surface area (Å²) in [6.45, 7) is 4.34. The second kappa shape index (κ2) is 6.53. The van der Waals surface area contributed by atoms with Crippen LogP contribution in [0, 0.1) is 13.8 Å². The lowest BCUT2D eigenvalue weighted by Gasteiger charge is -2.11. The van der Waals surface area contributed by atoms with Gasteiger partial charge in [-0.2, -0.15) is 0 Å². The third-order valence-corrected chi connectivity index (χ3v) is 4.02. The molecule has 0 aromatic heterocycles. The Morgan fingerprint density at radius 2 is 1.70 bits per heavy atom. The van der Waals surface area contributed by atoms with Crippen LogP contribution >= 0.6 is 0 Å². The molecule has 0 heterocycles. The maximum absolute atomic E-state index is 12.1. The molecule has 3 aromatic carbocycles. The van der Waals surface area contributed by atoms with Crippen LogP contribution in [0.3, 0.4) is 0 Å². The minimum absolute atomic E-state index is 0.0545. The van der Waals surface area contributed by atoms with Crippen LogP contribution in [-0.4, -0.2) is 12.5 Å². The molecule has 0 radical (unpaired) electrons. The molecule has 0 saturated heterocycles. The highest BCUT2D eigenvalue weighted by Gasteiger charge is 2.05.